The minimum Gasteiger partial charge on any atom is -0.294 e. The first-order valence-electron chi connectivity index (χ1n) is 27.0. The molecule has 1 heteroatoms. The fourth-order valence-electron chi connectivity index (χ4n) is 20.3. The van der Waals surface area contributed by atoms with Crippen LogP contribution in [0, 0.1) is 94.7 Å². The van der Waals surface area contributed by atoms with Crippen molar-refractivity contribution in [1.82, 2.24) is 4.90 Å². The summed E-state index contributed by atoms with van der Waals surface area (Å²) in [4.78, 5) is 3.41. The van der Waals surface area contributed by atoms with Gasteiger partial charge >= 0.3 is 0 Å². The van der Waals surface area contributed by atoms with Gasteiger partial charge in [0.2, 0.25) is 0 Å². The molecule has 0 bridgehead atoms. The molecule has 0 saturated heterocycles. The van der Waals surface area contributed by atoms with Crippen LogP contribution >= 0.6 is 0 Å². The fourth-order valence-corrected chi connectivity index (χ4v) is 20.3. The number of rotatable bonds is 6. The Bertz CT molecular complexity index is 1220. The van der Waals surface area contributed by atoms with E-state index < -0.39 is 0 Å². The van der Waals surface area contributed by atoms with Gasteiger partial charge in [-0.15, -0.1) is 0 Å². The van der Waals surface area contributed by atoms with Crippen LogP contribution in [0.15, 0.2) is 0 Å². The third-order valence-corrected chi connectivity index (χ3v) is 22.3. The second kappa shape index (κ2) is 16.8. The van der Waals surface area contributed by atoms with Crippen molar-refractivity contribution in [2.45, 2.75) is 243 Å². The second-order valence-electron chi connectivity index (χ2n) is 24.2. The van der Waals surface area contributed by atoms with Crippen LogP contribution in [-0.4, -0.2) is 23.0 Å². The molecule has 0 heterocycles. The largest absolute Gasteiger partial charge is 0.294 e. The summed E-state index contributed by atoms with van der Waals surface area (Å²) in [6.07, 6.45) is 55.7. The van der Waals surface area contributed by atoms with Gasteiger partial charge in [-0.05, 0) is 210 Å². The molecule has 11 rings (SSSR count). The van der Waals surface area contributed by atoms with Crippen molar-refractivity contribution < 1.29 is 0 Å². The molecule has 0 aromatic carbocycles. The SMILES string of the molecule is C1CCC(C2CCC(N(C3CCCCC3)C3CCC(C4CCC5C(C4)CC4C6CCCCC6CC(C6CC7CCCCC7C6)C54)C4CCCCC43)CC2)CC1. The van der Waals surface area contributed by atoms with Crippen molar-refractivity contribution in [1.29, 1.82) is 0 Å². The zero-order valence-corrected chi connectivity index (χ0v) is 36.2. The summed E-state index contributed by atoms with van der Waals surface area (Å²) in [6, 6.07) is 2.82. The van der Waals surface area contributed by atoms with E-state index in [-0.39, 0.29) is 0 Å². The van der Waals surface area contributed by atoms with E-state index in [4.69, 9.17) is 0 Å². The predicted octanol–water partition coefficient (Wildman–Crippen LogP) is 15.1. The Morgan fingerprint density at radius 2 is 0.673 bits per heavy atom. The minimum atomic E-state index is 0.935. The van der Waals surface area contributed by atoms with E-state index >= 15 is 0 Å². The van der Waals surface area contributed by atoms with Crippen LogP contribution in [0.5, 0.6) is 0 Å². The molecule has 0 N–H and O–H groups in total. The summed E-state index contributed by atoms with van der Waals surface area (Å²) in [5.41, 5.74) is 0. The molecular weight excluding hydrogens is 663 g/mol. The Balaban J connectivity index is 0.794. The molecule has 55 heavy (non-hydrogen) atoms. The van der Waals surface area contributed by atoms with E-state index in [9.17, 15) is 0 Å². The first-order valence-corrected chi connectivity index (χ1v) is 27.0. The van der Waals surface area contributed by atoms with Crippen LogP contribution in [0.3, 0.4) is 0 Å². The molecule has 14 atom stereocenters. The van der Waals surface area contributed by atoms with E-state index in [1.807, 2.05) is 0 Å². The Morgan fingerprint density at radius 1 is 0.218 bits per heavy atom. The third-order valence-electron chi connectivity index (χ3n) is 22.3. The molecule has 14 unspecified atom stereocenters. The summed E-state index contributed by atoms with van der Waals surface area (Å²) >= 11 is 0. The average Bonchev–Trinajstić information content (AvgIpc) is 3.87. The van der Waals surface area contributed by atoms with Gasteiger partial charge in [0.05, 0.1) is 0 Å². The highest BCUT2D eigenvalue weighted by atomic mass is 15.2. The maximum absolute atomic E-state index is 3.41. The van der Waals surface area contributed by atoms with Crippen LogP contribution in [0.25, 0.3) is 0 Å². The standard InChI is InChI=1S/C54H89N/c1-3-13-36(14-4-1)37-23-26-45(27-24-37)55(44-18-5-2-6-19-44)53-30-29-47(49-21-11-12-22-50(49)53)41-25-28-48-43(33-41)35-52-46-20-10-9-17-40(46)34-51(54(48)52)42-31-38-15-7-8-16-39(38)32-42/h36-54H,1-35H2. The first-order chi connectivity index (χ1) is 27.3. The minimum absolute atomic E-state index is 0.935. The number of nitrogens with zero attached hydrogens (tertiary/aromatic N) is 1. The zero-order chi connectivity index (χ0) is 36.3. The van der Waals surface area contributed by atoms with Gasteiger partial charge in [0.25, 0.3) is 0 Å². The van der Waals surface area contributed by atoms with Gasteiger partial charge in [-0.25, -0.2) is 0 Å². The number of hydrogen-bond donors (Lipinski definition) is 0. The van der Waals surface area contributed by atoms with Crippen molar-refractivity contribution >= 4 is 0 Å². The molecular formula is C54H89N. The van der Waals surface area contributed by atoms with Crippen LogP contribution in [-0.2, 0) is 0 Å². The number of fused-ring (bicyclic) bond motifs is 7. The molecule has 310 valence electrons. The number of hydrogen-bond acceptors (Lipinski definition) is 1. The molecule has 1 nitrogen and oxygen atoms in total. The molecule has 11 aliphatic carbocycles. The summed E-state index contributed by atoms with van der Waals surface area (Å²) < 4.78 is 0. The van der Waals surface area contributed by atoms with Crippen molar-refractivity contribution in [3.05, 3.63) is 0 Å². The Labute approximate surface area is 341 Å². The maximum atomic E-state index is 3.41. The van der Waals surface area contributed by atoms with Gasteiger partial charge in [-0.1, -0.05) is 109 Å². The van der Waals surface area contributed by atoms with Crippen molar-refractivity contribution in [2.24, 2.45) is 94.7 Å². The predicted molar refractivity (Wildman–Crippen MR) is 231 cm³/mol. The topological polar surface area (TPSA) is 3.24 Å². The van der Waals surface area contributed by atoms with Gasteiger partial charge in [0, 0.05) is 18.1 Å². The molecule has 0 spiro atoms. The highest BCUT2D eigenvalue weighted by molar-refractivity contribution is 5.08. The van der Waals surface area contributed by atoms with E-state index in [1.54, 1.807) is 186 Å². The molecule has 11 saturated carbocycles. The van der Waals surface area contributed by atoms with E-state index in [2.05, 4.69) is 4.90 Å². The van der Waals surface area contributed by atoms with Gasteiger partial charge in [0.15, 0.2) is 0 Å². The molecule has 11 fully saturated rings. The summed E-state index contributed by atoms with van der Waals surface area (Å²) in [7, 11) is 0. The Kier molecular flexibility index (Phi) is 11.6. The summed E-state index contributed by atoms with van der Waals surface area (Å²) in [6.45, 7) is 0. The summed E-state index contributed by atoms with van der Waals surface area (Å²) in [5.74, 6) is 17.9. The molecule has 0 aromatic rings. The van der Waals surface area contributed by atoms with E-state index in [0.717, 1.165) is 113 Å². The lowest BCUT2D eigenvalue weighted by Gasteiger charge is -2.57. The lowest BCUT2D eigenvalue weighted by atomic mass is 9.53. The van der Waals surface area contributed by atoms with Gasteiger partial charge in [-0.2, -0.15) is 0 Å². The molecule has 0 radical (unpaired) electrons. The normalized spacial score (nSPS) is 51.1. The zero-order valence-electron chi connectivity index (χ0n) is 36.2. The third kappa shape index (κ3) is 7.33. The van der Waals surface area contributed by atoms with Crippen LogP contribution in [0.1, 0.15) is 225 Å². The molecule has 11 aliphatic rings. The van der Waals surface area contributed by atoms with Crippen molar-refractivity contribution in [3.8, 4) is 0 Å². The molecule has 0 aromatic heterocycles. The van der Waals surface area contributed by atoms with E-state index in [1.165, 1.54) is 38.5 Å². The first kappa shape index (κ1) is 37.9. The van der Waals surface area contributed by atoms with Crippen LogP contribution in [0.4, 0.5) is 0 Å². The molecule has 0 amide bonds. The second-order valence-corrected chi connectivity index (χ2v) is 24.2. The van der Waals surface area contributed by atoms with Crippen LogP contribution < -0.4 is 0 Å². The summed E-state index contributed by atoms with van der Waals surface area (Å²) in [5, 5.41) is 0. The highest BCUT2D eigenvalue weighted by Gasteiger charge is 2.59. The average molecular weight is 752 g/mol. The smallest absolute Gasteiger partial charge is 0.0132 e. The van der Waals surface area contributed by atoms with Gasteiger partial charge < -0.3 is 0 Å². The van der Waals surface area contributed by atoms with Crippen molar-refractivity contribution in [3.63, 3.8) is 0 Å². The monoisotopic (exact) mass is 752 g/mol. The van der Waals surface area contributed by atoms with E-state index in [0.29, 0.717) is 0 Å². The highest BCUT2D eigenvalue weighted by Crippen LogP contribution is 2.66. The Hall–Kier alpha value is -0.0400. The Morgan fingerprint density at radius 3 is 1.42 bits per heavy atom. The van der Waals surface area contributed by atoms with Crippen LogP contribution in [0.2, 0.25) is 0 Å². The lowest BCUT2D eigenvalue weighted by Crippen LogP contribution is -2.58. The maximum Gasteiger partial charge on any atom is 0.0132 e. The van der Waals surface area contributed by atoms with Gasteiger partial charge in [-0.3, -0.25) is 4.90 Å². The van der Waals surface area contributed by atoms with Gasteiger partial charge in [0.1, 0.15) is 0 Å². The quantitative estimate of drug-likeness (QED) is 0.261. The lowest BCUT2D eigenvalue weighted by molar-refractivity contribution is -0.0713. The molecule has 0 aliphatic heterocycles. The fraction of sp³-hybridized carbons (Fsp3) is 1.00. The van der Waals surface area contributed by atoms with Crippen molar-refractivity contribution in [2.75, 3.05) is 0 Å².